The fourth-order valence-electron chi connectivity index (χ4n) is 6.46. The molecule has 4 aromatic rings. The number of rotatable bonds is 7. The molecule has 0 aliphatic carbocycles. The highest BCUT2D eigenvalue weighted by molar-refractivity contribution is 6.02. The molecule has 42 heavy (non-hydrogen) atoms. The number of aryl methyl sites for hydroxylation is 1. The first-order chi connectivity index (χ1) is 20.3. The number of H-pyrrole nitrogens is 1. The molecular weight excluding hydrogens is 539 g/mol. The van der Waals surface area contributed by atoms with Gasteiger partial charge in [-0.1, -0.05) is 18.2 Å². The topological polar surface area (TPSA) is 64.3 Å². The summed E-state index contributed by atoms with van der Waals surface area (Å²) in [6, 6.07) is 14.3. The quantitative estimate of drug-likeness (QED) is 0.255. The zero-order valence-corrected chi connectivity index (χ0v) is 23.8. The van der Waals surface area contributed by atoms with Crippen LogP contribution in [0, 0.1) is 6.92 Å². The van der Waals surface area contributed by atoms with Gasteiger partial charge in [0, 0.05) is 41.6 Å². The number of fused-ring (bicyclic) bond motifs is 1. The third-order valence-electron chi connectivity index (χ3n) is 8.81. The van der Waals surface area contributed by atoms with Crippen molar-refractivity contribution in [1.29, 1.82) is 0 Å². The molecule has 6 nitrogen and oxygen atoms in total. The van der Waals surface area contributed by atoms with Gasteiger partial charge in [0.1, 0.15) is 5.82 Å². The average Bonchev–Trinajstić information content (AvgIpc) is 3.52. The number of aromatic amines is 1. The van der Waals surface area contributed by atoms with Crippen molar-refractivity contribution < 1.29 is 13.2 Å². The Hall–Kier alpha value is -3.69. The summed E-state index contributed by atoms with van der Waals surface area (Å²) in [7, 11) is 0. The minimum absolute atomic E-state index is 0.320. The second-order valence-corrected chi connectivity index (χ2v) is 11.5. The fourth-order valence-corrected chi connectivity index (χ4v) is 6.46. The summed E-state index contributed by atoms with van der Waals surface area (Å²) in [6.07, 6.45) is 4.94. The normalized spacial score (nSPS) is 17.2. The van der Waals surface area contributed by atoms with Gasteiger partial charge in [-0.15, -0.1) is 0 Å². The van der Waals surface area contributed by atoms with E-state index in [0.717, 1.165) is 49.9 Å². The van der Waals surface area contributed by atoms with Crippen LogP contribution >= 0.6 is 0 Å². The van der Waals surface area contributed by atoms with Gasteiger partial charge in [0.25, 0.3) is 5.56 Å². The van der Waals surface area contributed by atoms with Crippen LogP contribution in [0.25, 0.3) is 21.9 Å². The van der Waals surface area contributed by atoms with Gasteiger partial charge in [0.2, 0.25) is 0 Å². The van der Waals surface area contributed by atoms with Crippen molar-refractivity contribution in [3.05, 3.63) is 88.0 Å². The average molecular weight is 576 g/mol. The predicted molar refractivity (Wildman–Crippen MR) is 161 cm³/mol. The summed E-state index contributed by atoms with van der Waals surface area (Å²) in [5.74, 6) is 0.397. The van der Waals surface area contributed by atoms with Crippen LogP contribution in [0.15, 0.2) is 65.7 Å². The van der Waals surface area contributed by atoms with Crippen molar-refractivity contribution in [2.45, 2.75) is 51.2 Å². The molecule has 2 aromatic heterocycles. The highest BCUT2D eigenvalue weighted by Crippen LogP contribution is 2.36. The van der Waals surface area contributed by atoms with Crippen molar-refractivity contribution in [2.75, 3.05) is 38.0 Å². The number of alkyl halides is 3. The molecule has 9 heteroatoms. The van der Waals surface area contributed by atoms with Gasteiger partial charge in [-0.25, -0.2) is 4.98 Å². The summed E-state index contributed by atoms with van der Waals surface area (Å²) in [4.78, 5) is 25.4. The van der Waals surface area contributed by atoms with Gasteiger partial charge < -0.3 is 20.1 Å². The van der Waals surface area contributed by atoms with Crippen LogP contribution < -0.4 is 10.9 Å². The van der Waals surface area contributed by atoms with Crippen LogP contribution in [0.4, 0.5) is 24.7 Å². The van der Waals surface area contributed by atoms with Crippen LogP contribution in [-0.4, -0.2) is 58.5 Å². The number of nitrogens with zero attached hydrogens (tertiary/aromatic N) is 3. The Bertz CT molecular complexity index is 1600. The van der Waals surface area contributed by atoms with Gasteiger partial charge in [-0.3, -0.25) is 4.79 Å². The minimum atomic E-state index is -4.42. The Labute approximate surface area is 243 Å². The van der Waals surface area contributed by atoms with E-state index in [1.54, 1.807) is 25.4 Å². The summed E-state index contributed by atoms with van der Waals surface area (Å²) in [5.41, 5.74) is 2.76. The molecule has 0 spiro atoms. The maximum absolute atomic E-state index is 13.2. The Balaban J connectivity index is 1.14. The Morgan fingerprint density at radius 3 is 2.40 bits per heavy atom. The lowest BCUT2D eigenvalue weighted by Crippen LogP contribution is -2.44. The summed E-state index contributed by atoms with van der Waals surface area (Å²) in [5, 5.41) is 4.25. The lowest BCUT2D eigenvalue weighted by atomic mass is 9.96. The lowest BCUT2D eigenvalue weighted by Gasteiger charge is -2.36. The molecule has 0 amide bonds. The van der Waals surface area contributed by atoms with Crippen molar-refractivity contribution in [3.8, 4) is 11.1 Å². The number of halogens is 3. The second-order valence-electron chi connectivity index (χ2n) is 11.5. The highest BCUT2D eigenvalue weighted by Gasteiger charge is 2.31. The number of anilines is 2. The third kappa shape index (κ3) is 6.08. The molecule has 2 aliphatic rings. The molecule has 6 rings (SSSR count). The van der Waals surface area contributed by atoms with Gasteiger partial charge in [0.05, 0.1) is 10.9 Å². The number of benzene rings is 2. The molecule has 0 radical (unpaired) electrons. The molecular formula is C33H36F3N5O. The predicted octanol–water partition coefficient (Wildman–Crippen LogP) is 6.76. The Morgan fingerprint density at radius 1 is 0.976 bits per heavy atom. The van der Waals surface area contributed by atoms with Crippen molar-refractivity contribution in [1.82, 2.24) is 19.8 Å². The van der Waals surface area contributed by atoms with Crippen LogP contribution in [0.5, 0.6) is 0 Å². The smallest absolute Gasteiger partial charge is 0.340 e. The first kappa shape index (κ1) is 28.4. The summed E-state index contributed by atoms with van der Waals surface area (Å²) >= 11 is 0. The van der Waals surface area contributed by atoms with E-state index in [0.29, 0.717) is 33.3 Å². The second kappa shape index (κ2) is 11.9. The van der Waals surface area contributed by atoms with Gasteiger partial charge in [-0.05, 0) is 112 Å². The van der Waals surface area contributed by atoms with E-state index in [4.69, 9.17) is 0 Å². The zero-order chi connectivity index (χ0) is 29.3. The van der Waals surface area contributed by atoms with Crippen molar-refractivity contribution in [2.24, 2.45) is 0 Å². The maximum Gasteiger partial charge on any atom is 0.416 e. The molecule has 2 fully saturated rings. The highest BCUT2D eigenvalue weighted by atomic mass is 19.4. The van der Waals surface area contributed by atoms with E-state index in [-0.39, 0.29) is 5.56 Å². The van der Waals surface area contributed by atoms with E-state index in [1.807, 2.05) is 12.1 Å². The number of hydrogen-bond acceptors (Lipinski definition) is 5. The molecule has 2 aliphatic heterocycles. The third-order valence-corrected chi connectivity index (χ3v) is 8.81. The first-order valence-electron chi connectivity index (χ1n) is 14.8. The minimum Gasteiger partial charge on any atom is -0.340 e. The first-order valence-corrected chi connectivity index (χ1v) is 14.8. The van der Waals surface area contributed by atoms with Gasteiger partial charge >= 0.3 is 6.18 Å². The molecule has 0 saturated carbocycles. The van der Waals surface area contributed by atoms with E-state index >= 15 is 0 Å². The van der Waals surface area contributed by atoms with Crippen LogP contribution in [0.1, 0.15) is 42.4 Å². The summed E-state index contributed by atoms with van der Waals surface area (Å²) in [6.45, 7) is 7.56. The number of likely N-dealkylation sites (tertiary alicyclic amines) is 2. The van der Waals surface area contributed by atoms with Crippen LogP contribution in [0.3, 0.4) is 0 Å². The molecule has 220 valence electrons. The van der Waals surface area contributed by atoms with Crippen molar-refractivity contribution >= 4 is 22.3 Å². The number of aromatic nitrogens is 2. The van der Waals surface area contributed by atoms with Crippen LogP contribution in [-0.2, 0) is 12.6 Å². The van der Waals surface area contributed by atoms with E-state index in [9.17, 15) is 18.0 Å². The van der Waals surface area contributed by atoms with E-state index in [1.165, 1.54) is 50.4 Å². The molecule has 4 heterocycles. The maximum atomic E-state index is 13.2. The molecule has 0 atom stereocenters. The van der Waals surface area contributed by atoms with E-state index in [2.05, 4.69) is 37.2 Å². The summed E-state index contributed by atoms with van der Waals surface area (Å²) < 4.78 is 39.6. The number of hydrogen-bond donors (Lipinski definition) is 2. The lowest BCUT2D eigenvalue weighted by molar-refractivity contribution is -0.137. The van der Waals surface area contributed by atoms with Gasteiger partial charge in [-0.2, -0.15) is 13.2 Å². The zero-order valence-electron chi connectivity index (χ0n) is 23.8. The SMILES string of the molecule is Cc1cc(C(F)(F)F)ccc1-c1c[nH]c(=O)c2c(Nc3ccc(CCN4CCC(N5CCCC5)CC4)cc3)nccc12. The fraction of sp³-hybridized carbons (Fsp3) is 0.394. The number of piperidine rings is 1. The van der Waals surface area contributed by atoms with Crippen LogP contribution in [0.2, 0.25) is 0 Å². The molecule has 0 unspecified atom stereocenters. The Morgan fingerprint density at radius 2 is 1.71 bits per heavy atom. The Kier molecular flexibility index (Phi) is 8.05. The molecule has 2 N–H and O–H groups in total. The largest absolute Gasteiger partial charge is 0.416 e. The molecule has 2 saturated heterocycles. The van der Waals surface area contributed by atoms with E-state index < -0.39 is 11.7 Å². The van der Waals surface area contributed by atoms with Crippen molar-refractivity contribution in [3.63, 3.8) is 0 Å². The number of nitrogens with one attached hydrogen (secondary N) is 2. The van der Waals surface area contributed by atoms with Gasteiger partial charge in [0.15, 0.2) is 0 Å². The molecule has 2 aromatic carbocycles. The monoisotopic (exact) mass is 575 g/mol. The molecule has 0 bridgehead atoms. The number of pyridine rings is 2. The standard InChI is InChI=1S/C33H36F3N5O/c1-22-20-24(33(34,35)36)6-9-27(22)29-21-38-32(42)30-28(29)10-14-37-31(30)39-25-7-4-23(5-8-25)11-17-40-18-12-26(13-19-40)41-15-2-3-16-41/h4-10,14,20-21,26H,2-3,11-13,15-19H2,1H3,(H,37,39)(H,38,42).